The lowest BCUT2D eigenvalue weighted by molar-refractivity contribution is 0.418. The number of nitrogens with zero attached hydrogens (tertiary/aromatic N) is 2. The fourth-order valence-electron chi connectivity index (χ4n) is 2.99. The van der Waals surface area contributed by atoms with E-state index in [0.717, 1.165) is 33.7 Å². The predicted octanol–water partition coefficient (Wildman–Crippen LogP) is 4.13. The Balaban J connectivity index is 0.000000200. The van der Waals surface area contributed by atoms with E-state index in [-0.39, 0.29) is 28.9 Å². The molecule has 2 heterocycles. The van der Waals surface area contributed by atoms with Crippen molar-refractivity contribution in [3.63, 3.8) is 0 Å². The van der Waals surface area contributed by atoms with E-state index in [1.807, 2.05) is 38.1 Å². The second-order valence-electron chi connectivity index (χ2n) is 6.28. The summed E-state index contributed by atoms with van der Waals surface area (Å²) in [5.41, 5.74) is 2.83. The maximum Gasteiger partial charge on any atom is 0.141 e. The SMILES string of the molecule is COc1cc(C)nc2c(O)cccc12.COc1cc(C)nc2c(O)cccc12.[Al]. The maximum absolute atomic E-state index is 9.60. The third kappa shape index (κ3) is 4.70. The minimum atomic E-state index is 0. The Morgan fingerprint density at radius 1 is 0.690 bits per heavy atom. The lowest BCUT2D eigenvalue weighted by atomic mass is 10.1. The quantitative estimate of drug-likeness (QED) is 0.488. The molecule has 0 saturated carbocycles. The first kappa shape index (κ1) is 22.3. The predicted molar refractivity (Wildman–Crippen MR) is 115 cm³/mol. The van der Waals surface area contributed by atoms with Crippen molar-refractivity contribution in [2.45, 2.75) is 13.8 Å². The molecule has 147 valence electrons. The van der Waals surface area contributed by atoms with Gasteiger partial charge in [0.2, 0.25) is 0 Å². The van der Waals surface area contributed by atoms with Crippen molar-refractivity contribution in [3.05, 3.63) is 59.9 Å². The minimum Gasteiger partial charge on any atom is -0.506 e. The van der Waals surface area contributed by atoms with E-state index in [0.29, 0.717) is 11.0 Å². The molecule has 7 heteroatoms. The van der Waals surface area contributed by atoms with Gasteiger partial charge in [-0.3, -0.25) is 0 Å². The van der Waals surface area contributed by atoms with Gasteiger partial charge < -0.3 is 19.7 Å². The molecule has 0 aliphatic heterocycles. The van der Waals surface area contributed by atoms with E-state index in [2.05, 4.69) is 9.97 Å². The lowest BCUT2D eigenvalue weighted by Gasteiger charge is -2.06. The number of phenols is 2. The summed E-state index contributed by atoms with van der Waals surface area (Å²) >= 11 is 0. The zero-order chi connectivity index (χ0) is 20.3. The number of methoxy groups -OCH3 is 2. The van der Waals surface area contributed by atoms with Crippen LogP contribution in [0.3, 0.4) is 0 Å². The molecule has 2 N–H and O–H groups in total. The van der Waals surface area contributed by atoms with Crippen molar-refractivity contribution in [1.29, 1.82) is 0 Å². The van der Waals surface area contributed by atoms with Gasteiger partial charge in [0.15, 0.2) is 0 Å². The summed E-state index contributed by atoms with van der Waals surface area (Å²) in [5.74, 6) is 1.85. The van der Waals surface area contributed by atoms with E-state index in [1.165, 1.54) is 0 Å². The van der Waals surface area contributed by atoms with Gasteiger partial charge >= 0.3 is 0 Å². The summed E-state index contributed by atoms with van der Waals surface area (Å²) in [6.45, 7) is 3.74. The molecule has 0 aliphatic rings. The number of aromatic nitrogens is 2. The van der Waals surface area contributed by atoms with Crippen LogP contribution in [0.2, 0.25) is 0 Å². The molecule has 0 aliphatic carbocycles. The molecule has 0 spiro atoms. The third-order valence-corrected chi connectivity index (χ3v) is 4.26. The van der Waals surface area contributed by atoms with E-state index in [4.69, 9.17) is 9.47 Å². The molecular formula is C22H22AlN2O4. The number of para-hydroxylation sites is 2. The summed E-state index contributed by atoms with van der Waals surface area (Å²) in [7, 11) is 3.22. The summed E-state index contributed by atoms with van der Waals surface area (Å²) in [5, 5.41) is 20.9. The Bertz CT molecular complexity index is 1060. The molecule has 0 unspecified atom stereocenters. The summed E-state index contributed by atoms with van der Waals surface area (Å²) < 4.78 is 10.4. The molecule has 6 nitrogen and oxygen atoms in total. The smallest absolute Gasteiger partial charge is 0.141 e. The molecule has 3 radical (unpaired) electrons. The summed E-state index contributed by atoms with van der Waals surface area (Å²) in [6.07, 6.45) is 0. The van der Waals surface area contributed by atoms with Crippen molar-refractivity contribution in [1.82, 2.24) is 9.97 Å². The maximum atomic E-state index is 9.60. The van der Waals surface area contributed by atoms with Gasteiger partial charge in [-0.25, -0.2) is 9.97 Å². The molecule has 0 bridgehead atoms. The molecular weight excluding hydrogens is 383 g/mol. The van der Waals surface area contributed by atoms with Crippen LogP contribution in [0.1, 0.15) is 11.4 Å². The van der Waals surface area contributed by atoms with Crippen molar-refractivity contribution >= 4 is 39.2 Å². The molecule has 4 aromatic rings. The number of aromatic hydroxyl groups is 2. The van der Waals surface area contributed by atoms with E-state index in [9.17, 15) is 10.2 Å². The fourth-order valence-corrected chi connectivity index (χ4v) is 2.99. The Hall–Kier alpha value is -3.01. The van der Waals surface area contributed by atoms with Crippen LogP contribution in [0, 0.1) is 13.8 Å². The number of pyridine rings is 2. The van der Waals surface area contributed by atoms with Crippen LogP contribution >= 0.6 is 0 Å². The average molecular weight is 405 g/mol. The number of fused-ring (bicyclic) bond motifs is 2. The second-order valence-corrected chi connectivity index (χ2v) is 6.28. The van der Waals surface area contributed by atoms with Crippen LogP contribution in [0.15, 0.2) is 48.5 Å². The zero-order valence-electron chi connectivity index (χ0n) is 16.8. The van der Waals surface area contributed by atoms with Crippen LogP contribution in [0.5, 0.6) is 23.0 Å². The Morgan fingerprint density at radius 2 is 1.07 bits per heavy atom. The van der Waals surface area contributed by atoms with Gasteiger partial charge in [0.25, 0.3) is 0 Å². The average Bonchev–Trinajstić information content (AvgIpc) is 2.69. The third-order valence-electron chi connectivity index (χ3n) is 4.26. The number of hydrogen-bond acceptors (Lipinski definition) is 6. The van der Waals surface area contributed by atoms with Gasteiger partial charge in [0, 0.05) is 51.7 Å². The Labute approximate surface area is 179 Å². The van der Waals surface area contributed by atoms with Crippen LogP contribution in [-0.2, 0) is 0 Å². The van der Waals surface area contributed by atoms with Gasteiger partial charge in [0.05, 0.1) is 14.2 Å². The van der Waals surface area contributed by atoms with Gasteiger partial charge in [-0.05, 0) is 38.1 Å². The fraction of sp³-hybridized carbons (Fsp3) is 0.182. The van der Waals surface area contributed by atoms with Crippen LogP contribution in [0.4, 0.5) is 0 Å². The van der Waals surface area contributed by atoms with Crippen molar-refractivity contribution in [2.75, 3.05) is 14.2 Å². The monoisotopic (exact) mass is 405 g/mol. The number of rotatable bonds is 2. The lowest BCUT2D eigenvalue weighted by Crippen LogP contribution is -1.90. The van der Waals surface area contributed by atoms with Crippen LogP contribution in [-0.4, -0.2) is 51.8 Å². The summed E-state index contributed by atoms with van der Waals surface area (Å²) in [4.78, 5) is 8.51. The number of ether oxygens (including phenoxy) is 2. The molecule has 0 amide bonds. The van der Waals surface area contributed by atoms with E-state index < -0.39 is 0 Å². The Kier molecular flexibility index (Phi) is 7.27. The van der Waals surface area contributed by atoms with Gasteiger partial charge in [-0.2, -0.15) is 0 Å². The second kappa shape index (κ2) is 9.46. The van der Waals surface area contributed by atoms with Gasteiger partial charge in [0.1, 0.15) is 34.0 Å². The van der Waals surface area contributed by atoms with E-state index in [1.54, 1.807) is 38.5 Å². The highest BCUT2D eigenvalue weighted by Crippen LogP contribution is 2.31. The van der Waals surface area contributed by atoms with Gasteiger partial charge in [-0.15, -0.1) is 0 Å². The number of benzene rings is 2. The number of phenolic OH excluding ortho intramolecular Hbond substituents is 2. The standard InChI is InChI=1S/2C11H11NO2.Al/c2*1-7-6-10(14-2)8-4-3-5-9(13)11(8)12-7;/h2*3-6,13H,1-2H3;. The van der Waals surface area contributed by atoms with Crippen LogP contribution in [0.25, 0.3) is 21.8 Å². The first-order valence-electron chi connectivity index (χ1n) is 8.71. The topological polar surface area (TPSA) is 84.7 Å². The highest BCUT2D eigenvalue weighted by Gasteiger charge is 2.07. The molecule has 0 atom stereocenters. The molecule has 0 fully saturated rings. The van der Waals surface area contributed by atoms with Crippen molar-refractivity contribution in [2.24, 2.45) is 0 Å². The number of aryl methyl sites for hydroxylation is 2. The highest BCUT2D eigenvalue weighted by atomic mass is 27.0. The Morgan fingerprint density at radius 3 is 1.41 bits per heavy atom. The minimum absolute atomic E-state index is 0. The molecule has 0 saturated heterocycles. The molecule has 2 aromatic heterocycles. The van der Waals surface area contributed by atoms with Crippen molar-refractivity contribution in [3.8, 4) is 23.0 Å². The van der Waals surface area contributed by atoms with Crippen molar-refractivity contribution < 1.29 is 19.7 Å². The van der Waals surface area contributed by atoms with Crippen LogP contribution < -0.4 is 9.47 Å². The highest BCUT2D eigenvalue weighted by molar-refractivity contribution is 5.90. The normalized spacial score (nSPS) is 10.1. The summed E-state index contributed by atoms with van der Waals surface area (Å²) in [6, 6.07) is 14.2. The molecule has 29 heavy (non-hydrogen) atoms. The van der Waals surface area contributed by atoms with Gasteiger partial charge in [-0.1, -0.05) is 12.1 Å². The first-order valence-corrected chi connectivity index (χ1v) is 8.71. The molecule has 4 rings (SSSR count). The first-order chi connectivity index (χ1) is 13.4. The van der Waals surface area contributed by atoms with E-state index >= 15 is 0 Å². The molecule has 2 aromatic carbocycles. The zero-order valence-corrected chi connectivity index (χ0v) is 18.0. The number of hydrogen-bond donors (Lipinski definition) is 2. The largest absolute Gasteiger partial charge is 0.506 e.